The lowest BCUT2D eigenvalue weighted by Gasteiger charge is -2.09. The second-order valence-corrected chi connectivity index (χ2v) is 6.93. The van der Waals surface area contributed by atoms with E-state index in [9.17, 15) is 0 Å². The van der Waals surface area contributed by atoms with Gasteiger partial charge in [-0.2, -0.15) is 11.8 Å². The van der Waals surface area contributed by atoms with Crippen molar-refractivity contribution in [2.45, 2.75) is 31.2 Å². The summed E-state index contributed by atoms with van der Waals surface area (Å²) in [5, 5.41) is 4.39. The van der Waals surface area contributed by atoms with Gasteiger partial charge in [0.05, 0.1) is 4.34 Å². The van der Waals surface area contributed by atoms with E-state index in [4.69, 9.17) is 11.6 Å². The summed E-state index contributed by atoms with van der Waals surface area (Å²) in [5.74, 6) is 1.25. The van der Waals surface area contributed by atoms with Gasteiger partial charge in [-0.25, -0.2) is 0 Å². The van der Waals surface area contributed by atoms with Gasteiger partial charge in [-0.05, 0) is 18.6 Å². The molecule has 2 atom stereocenters. The molecule has 2 rings (SSSR count). The summed E-state index contributed by atoms with van der Waals surface area (Å²) >= 11 is 9.59. The molecule has 0 spiro atoms. The van der Waals surface area contributed by atoms with Crippen LogP contribution in [0.1, 0.15) is 18.2 Å². The molecular weight excluding hydrogens is 234 g/mol. The lowest BCUT2D eigenvalue weighted by Crippen LogP contribution is -2.28. The smallest absolute Gasteiger partial charge is 0.0931 e. The zero-order valence-corrected chi connectivity index (χ0v) is 10.5. The monoisotopic (exact) mass is 247 g/mol. The minimum absolute atomic E-state index is 0.691. The van der Waals surface area contributed by atoms with Crippen molar-refractivity contribution in [2.75, 3.05) is 5.75 Å². The van der Waals surface area contributed by atoms with Gasteiger partial charge in [0.25, 0.3) is 0 Å². The Bertz CT molecular complexity index is 300. The Balaban J connectivity index is 1.77. The van der Waals surface area contributed by atoms with E-state index in [1.165, 1.54) is 17.1 Å². The number of thiophene rings is 1. The van der Waals surface area contributed by atoms with Gasteiger partial charge in [0.1, 0.15) is 0 Å². The lowest BCUT2D eigenvalue weighted by atomic mass is 10.2. The largest absolute Gasteiger partial charge is 0.308 e. The fourth-order valence-corrected chi connectivity index (χ4v) is 3.87. The standard InChI is InChI=1S/C10H14ClNS2/c1-7-4-8(6-13-7)12-5-9-2-3-10(11)14-9/h2-3,7-8,12H,4-6H2,1H3. The number of halogens is 1. The summed E-state index contributed by atoms with van der Waals surface area (Å²) in [4.78, 5) is 1.33. The Morgan fingerprint density at radius 3 is 3.00 bits per heavy atom. The summed E-state index contributed by atoms with van der Waals surface area (Å²) in [6.07, 6.45) is 1.30. The third-order valence-electron chi connectivity index (χ3n) is 2.39. The molecule has 4 heteroatoms. The topological polar surface area (TPSA) is 12.0 Å². The molecule has 14 heavy (non-hydrogen) atoms. The Kier molecular flexibility index (Phi) is 3.77. The van der Waals surface area contributed by atoms with Gasteiger partial charge in [-0.15, -0.1) is 11.3 Å². The Hall–Kier alpha value is 0.300. The summed E-state index contributed by atoms with van der Waals surface area (Å²) in [5.41, 5.74) is 0. The number of hydrogen-bond acceptors (Lipinski definition) is 3. The number of rotatable bonds is 3. The van der Waals surface area contributed by atoms with Gasteiger partial charge >= 0.3 is 0 Å². The maximum atomic E-state index is 5.87. The molecule has 1 aromatic rings. The van der Waals surface area contributed by atoms with Crippen molar-refractivity contribution in [1.29, 1.82) is 0 Å². The summed E-state index contributed by atoms with van der Waals surface area (Å²) in [6.45, 7) is 3.27. The van der Waals surface area contributed by atoms with Crippen LogP contribution in [0.2, 0.25) is 4.34 Å². The van der Waals surface area contributed by atoms with Crippen LogP contribution in [-0.4, -0.2) is 17.0 Å². The van der Waals surface area contributed by atoms with Crippen LogP contribution in [0.4, 0.5) is 0 Å². The van der Waals surface area contributed by atoms with E-state index in [1.807, 2.05) is 6.07 Å². The highest BCUT2D eigenvalue weighted by atomic mass is 35.5. The van der Waals surface area contributed by atoms with Crippen LogP contribution in [0.3, 0.4) is 0 Å². The summed E-state index contributed by atoms with van der Waals surface area (Å²) in [7, 11) is 0. The van der Waals surface area contributed by atoms with Gasteiger partial charge in [0.2, 0.25) is 0 Å². The lowest BCUT2D eigenvalue weighted by molar-refractivity contribution is 0.542. The molecular formula is C10H14ClNS2. The fourth-order valence-electron chi connectivity index (χ4n) is 1.65. The highest BCUT2D eigenvalue weighted by Gasteiger charge is 2.20. The van der Waals surface area contributed by atoms with E-state index >= 15 is 0 Å². The normalized spacial score (nSPS) is 27.0. The zero-order valence-electron chi connectivity index (χ0n) is 8.13. The molecule has 0 bridgehead atoms. The number of thioether (sulfide) groups is 1. The van der Waals surface area contributed by atoms with Gasteiger partial charge in [0.15, 0.2) is 0 Å². The van der Waals surface area contributed by atoms with Crippen LogP contribution >= 0.6 is 34.7 Å². The van der Waals surface area contributed by atoms with Crippen molar-refractivity contribution in [1.82, 2.24) is 5.32 Å². The minimum Gasteiger partial charge on any atom is -0.308 e. The molecule has 0 aromatic carbocycles. The molecule has 1 aliphatic heterocycles. The molecule has 0 radical (unpaired) electrons. The molecule has 0 saturated carbocycles. The summed E-state index contributed by atoms with van der Waals surface area (Å²) < 4.78 is 0.885. The third-order valence-corrected chi connectivity index (χ3v) is 4.98. The van der Waals surface area contributed by atoms with Crippen molar-refractivity contribution >= 4 is 34.7 Å². The first-order chi connectivity index (χ1) is 6.74. The van der Waals surface area contributed by atoms with Crippen molar-refractivity contribution in [3.05, 3.63) is 21.3 Å². The predicted octanol–water partition coefficient (Wildman–Crippen LogP) is 3.39. The Morgan fingerprint density at radius 1 is 1.57 bits per heavy atom. The molecule has 2 heterocycles. The zero-order chi connectivity index (χ0) is 9.97. The maximum absolute atomic E-state index is 5.87. The van der Waals surface area contributed by atoms with Gasteiger partial charge in [-0.1, -0.05) is 18.5 Å². The molecule has 1 fully saturated rings. The van der Waals surface area contributed by atoms with E-state index in [1.54, 1.807) is 11.3 Å². The Labute approximate surface area is 98.2 Å². The number of nitrogens with one attached hydrogen (secondary N) is 1. The average Bonchev–Trinajstić information content (AvgIpc) is 2.72. The van der Waals surface area contributed by atoms with Gasteiger partial charge in [0, 0.05) is 28.5 Å². The SMILES string of the molecule is CC1CC(NCc2ccc(Cl)s2)CS1. The quantitative estimate of drug-likeness (QED) is 0.879. The molecule has 1 aliphatic rings. The molecule has 1 aromatic heterocycles. The van der Waals surface area contributed by atoms with Crippen molar-refractivity contribution in [3.63, 3.8) is 0 Å². The highest BCUT2D eigenvalue weighted by Crippen LogP contribution is 2.27. The third kappa shape index (κ3) is 2.89. The molecule has 0 amide bonds. The van der Waals surface area contributed by atoms with Crippen LogP contribution in [0.5, 0.6) is 0 Å². The van der Waals surface area contributed by atoms with E-state index < -0.39 is 0 Å². The van der Waals surface area contributed by atoms with Crippen LogP contribution in [0.15, 0.2) is 12.1 Å². The van der Waals surface area contributed by atoms with E-state index in [0.29, 0.717) is 6.04 Å². The second kappa shape index (κ2) is 4.88. The highest BCUT2D eigenvalue weighted by molar-refractivity contribution is 8.00. The van der Waals surface area contributed by atoms with Gasteiger partial charge in [-0.3, -0.25) is 0 Å². The summed E-state index contributed by atoms with van der Waals surface area (Å²) in [6, 6.07) is 4.76. The number of hydrogen-bond donors (Lipinski definition) is 1. The van der Waals surface area contributed by atoms with Crippen molar-refractivity contribution in [2.24, 2.45) is 0 Å². The van der Waals surface area contributed by atoms with E-state index in [-0.39, 0.29) is 0 Å². The average molecular weight is 248 g/mol. The molecule has 0 aliphatic carbocycles. The first-order valence-electron chi connectivity index (χ1n) is 4.83. The predicted molar refractivity (Wildman–Crippen MR) is 66.5 cm³/mol. The van der Waals surface area contributed by atoms with Crippen LogP contribution in [-0.2, 0) is 6.54 Å². The second-order valence-electron chi connectivity index (χ2n) is 3.66. The first-order valence-corrected chi connectivity index (χ1v) is 7.07. The van der Waals surface area contributed by atoms with Crippen molar-refractivity contribution < 1.29 is 0 Å². The fraction of sp³-hybridized carbons (Fsp3) is 0.600. The van der Waals surface area contributed by atoms with Crippen LogP contribution in [0.25, 0.3) is 0 Å². The molecule has 2 unspecified atom stereocenters. The van der Waals surface area contributed by atoms with E-state index in [2.05, 4.69) is 30.1 Å². The van der Waals surface area contributed by atoms with Crippen LogP contribution < -0.4 is 5.32 Å². The van der Waals surface area contributed by atoms with Gasteiger partial charge < -0.3 is 5.32 Å². The molecule has 78 valence electrons. The first kappa shape index (κ1) is 10.8. The maximum Gasteiger partial charge on any atom is 0.0931 e. The Morgan fingerprint density at radius 2 is 2.43 bits per heavy atom. The van der Waals surface area contributed by atoms with Crippen LogP contribution in [0, 0.1) is 0 Å². The molecule has 1 saturated heterocycles. The van der Waals surface area contributed by atoms with Crippen molar-refractivity contribution in [3.8, 4) is 0 Å². The molecule has 1 nitrogen and oxygen atoms in total. The molecule has 1 N–H and O–H groups in total. The van der Waals surface area contributed by atoms with E-state index in [0.717, 1.165) is 16.1 Å². The minimum atomic E-state index is 0.691.